The van der Waals surface area contributed by atoms with Gasteiger partial charge >= 0.3 is 5.97 Å². The summed E-state index contributed by atoms with van der Waals surface area (Å²) in [5, 5.41) is 11.3. The van der Waals surface area contributed by atoms with Gasteiger partial charge in [-0.1, -0.05) is 48.5 Å². The van der Waals surface area contributed by atoms with Crippen LogP contribution in [0.5, 0.6) is 11.5 Å². The highest BCUT2D eigenvalue weighted by Gasteiger charge is 2.19. The Balaban J connectivity index is 0.000000214. The maximum atomic E-state index is 14.4. The molecule has 7 aromatic rings. The van der Waals surface area contributed by atoms with E-state index in [0.717, 1.165) is 28.3 Å². The summed E-state index contributed by atoms with van der Waals surface area (Å²) in [7, 11) is 0. The minimum Gasteiger partial charge on any atom is -0.488 e. The van der Waals surface area contributed by atoms with Crippen LogP contribution in [0, 0.1) is 30.2 Å². The van der Waals surface area contributed by atoms with Crippen molar-refractivity contribution in [3.8, 4) is 28.4 Å². The second-order valence-electron chi connectivity index (χ2n) is 13.5. The number of carboxylic acid groups (broad SMARTS) is 1. The minimum absolute atomic E-state index is 0.00565. The summed E-state index contributed by atoms with van der Waals surface area (Å²) in [4.78, 5) is 35.1. The molecule has 294 valence electrons. The predicted octanol–water partition coefficient (Wildman–Crippen LogP) is 11.3. The van der Waals surface area contributed by atoms with Crippen molar-refractivity contribution in [2.45, 2.75) is 39.9 Å². The van der Waals surface area contributed by atoms with Gasteiger partial charge in [-0.2, -0.15) is 0 Å². The number of nitrogens with zero attached hydrogens (tertiary/aromatic N) is 1. The Hall–Kier alpha value is -7.01. The molecule has 0 amide bonds. The second-order valence-corrected chi connectivity index (χ2v) is 13.5. The van der Waals surface area contributed by atoms with Gasteiger partial charge in [0.2, 0.25) is 0 Å². The number of Topliss-reactive ketones (excluding diaryl/α,β-unsaturated/α-hetero) is 2. The van der Waals surface area contributed by atoms with Gasteiger partial charge in [-0.3, -0.25) is 4.79 Å². The Bertz CT molecular complexity index is 2600. The van der Waals surface area contributed by atoms with E-state index in [4.69, 9.17) is 9.47 Å². The van der Waals surface area contributed by atoms with Crippen LogP contribution in [0.25, 0.3) is 27.7 Å². The zero-order valence-electron chi connectivity index (χ0n) is 31.5. The average Bonchev–Trinajstić information content (AvgIpc) is 3.60. The van der Waals surface area contributed by atoms with Crippen LogP contribution in [-0.4, -0.2) is 27.2 Å². The molecule has 0 saturated heterocycles. The first-order chi connectivity index (χ1) is 27.9. The summed E-state index contributed by atoms with van der Waals surface area (Å²) in [6, 6.07) is 34.3. The minimum atomic E-state index is -1.02. The van der Waals surface area contributed by atoms with E-state index in [9.17, 15) is 37.1 Å². The number of carbonyl (C=O) groups is 3. The van der Waals surface area contributed by atoms with E-state index in [1.807, 2.05) is 41.8 Å². The second kappa shape index (κ2) is 18.3. The molecule has 0 saturated carbocycles. The molecular formula is C47H37F4NO6. The van der Waals surface area contributed by atoms with Gasteiger partial charge in [0, 0.05) is 29.8 Å². The molecule has 7 nitrogen and oxygen atoms in total. The van der Waals surface area contributed by atoms with Crippen LogP contribution < -0.4 is 9.47 Å². The number of hydrogen-bond acceptors (Lipinski definition) is 5. The van der Waals surface area contributed by atoms with Gasteiger partial charge in [0.15, 0.2) is 5.78 Å². The topological polar surface area (TPSA) is 94.8 Å². The maximum Gasteiger partial charge on any atom is 0.336 e. The number of fused-ring (bicyclic) bond motifs is 1. The molecule has 0 aliphatic heterocycles. The standard InChI is InChI=1S/C29H21F2NO3.C18H16F2O3/c1-18-6-12-27(32(18)23-14-20-4-2-3-5-24(20)25(16-23)29(33)34)26-15-22(31)11-13-28(26)35-17-19-7-9-21(30)10-8-19;1-12(21)2-8-17(22)16-10-15(20)7-9-18(16)23-11-13-3-5-14(19)6-4-13/h2-16H,17H2,1H3,(H,33,34);3-7,9-10H,2,8,11H2,1H3. The van der Waals surface area contributed by atoms with E-state index < -0.39 is 17.6 Å². The molecule has 1 aromatic heterocycles. The highest BCUT2D eigenvalue weighted by molar-refractivity contribution is 6.05. The first kappa shape index (κ1) is 40.6. The number of rotatable bonds is 13. The molecule has 1 N–H and O–H groups in total. The normalized spacial score (nSPS) is 10.8. The van der Waals surface area contributed by atoms with E-state index in [-0.39, 0.29) is 66.1 Å². The van der Waals surface area contributed by atoms with Crippen LogP contribution in [0.2, 0.25) is 0 Å². The van der Waals surface area contributed by atoms with Gasteiger partial charge in [0.05, 0.1) is 16.8 Å². The lowest BCUT2D eigenvalue weighted by atomic mass is 10.0. The van der Waals surface area contributed by atoms with Crippen LogP contribution >= 0.6 is 0 Å². The summed E-state index contributed by atoms with van der Waals surface area (Å²) in [6.07, 6.45) is 0.110. The van der Waals surface area contributed by atoms with Crippen molar-refractivity contribution in [2.75, 3.05) is 0 Å². The molecule has 1 heterocycles. The molecule has 58 heavy (non-hydrogen) atoms. The van der Waals surface area contributed by atoms with Crippen LogP contribution in [0.15, 0.2) is 133 Å². The first-order valence-electron chi connectivity index (χ1n) is 18.2. The van der Waals surface area contributed by atoms with Gasteiger partial charge in [0.25, 0.3) is 0 Å². The smallest absolute Gasteiger partial charge is 0.336 e. The largest absolute Gasteiger partial charge is 0.488 e. The van der Waals surface area contributed by atoms with Gasteiger partial charge < -0.3 is 23.9 Å². The lowest BCUT2D eigenvalue weighted by molar-refractivity contribution is -0.117. The van der Waals surface area contributed by atoms with Crippen molar-refractivity contribution in [1.29, 1.82) is 0 Å². The fourth-order valence-electron chi connectivity index (χ4n) is 6.27. The van der Waals surface area contributed by atoms with Gasteiger partial charge in [-0.25, -0.2) is 22.4 Å². The van der Waals surface area contributed by atoms with E-state index in [0.29, 0.717) is 28.1 Å². The molecule has 0 spiro atoms. The van der Waals surface area contributed by atoms with Gasteiger partial charge in [0.1, 0.15) is 53.8 Å². The SMILES string of the molecule is CC(=O)CCC(=O)c1cc(F)ccc1OCc1ccc(F)cc1.Cc1ccc(-c2cc(F)ccc2OCc2ccc(F)cc2)n1-c1cc(C(=O)O)c2ccccc2c1. The average molecular weight is 788 g/mol. The maximum absolute atomic E-state index is 14.4. The van der Waals surface area contributed by atoms with E-state index in [1.165, 1.54) is 55.5 Å². The lowest BCUT2D eigenvalue weighted by Crippen LogP contribution is -2.06. The number of aromatic nitrogens is 1. The molecule has 0 atom stereocenters. The molecule has 0 fully saturated rings. The number of aryl methyl sites for hydroxylation is 1. The highest BCUT2D eigenvalue weighted by Crippen LogP contribution is 2.36. The van der Waals surface area contributed by atoms with Crippen molar-refractivity contribution in [3.05, 3.63) is 185 Å². The number of aromatic carboxylic acids is 1. The van der Waals surface area contributed by atoms with E-state index in [2.05, 4.69) is 0 Å². The molecule has 0 unspecified atom stereocenters. The molecule has 11 heteroatoms. The number of halogens is 4. The molecule has 0 aliphatic rings. The summed E-state index contributed by atoms with van der Waals surface area (Å²) in [5.41, 5.74) is 4.45. The number of ether oxygens (including phenoxy) is 2. The Kier molecular flexibility index (Phi) is 12.8. The van der Waals surface area contributed by atoms with Crippen LogP contribution in [-0.2, 0) is 18.0 Å². The van der Waals surface area contributed by atoms with Crippen LogP contribution in [0.3, 0.4) is 0 Å². The fourth-order valence-corrected chi connectivity index (χ4v) is 6.27. The molecule has 7 rings (SSSR count). The number of ketones is 2. The Labute approximate surface area is 331 Å². The van der Waals surface area contributed by atoms with Crippen LogP contribution in [0.4, 0.5) is 17.6 Å². The number of carbonyl (C=O) groups excluding carboxylic acids is 2. The third kappa shape index (κ3) is 10.0. The zero-order chi connectivity index (χ0) is 41.3. The Morgan fingerprint density at radius 3 is 1.79 bits per heavy atom. The fraction of sp³-hybridized carbons (Fsp3) is 0.128. The molecule has 0 radical (unpaired) electrons. The van der Waals surface area contributed by atoms with Crippen molar-refractivity contribution >= 4 is 28.3 Å². The molecule has 0 bridgehead atoms. The summed E-state index contributed by atoms with van der Waals surface area (Å²) >= 11 is 0. The summed E-state index contributed by atoms with van der Waals surface area (Å²) in [6.45, 7) is 3.60. The zero-order valence-corrected chi connectivity index (χ0v) is 31.5. The van der Waals surface area contributed by atoms with Crippen molar-refractivity contribution in [2.24, 2.45) is 0 Å². The Morgan fingerprint density at radius 2 is 1.17 bits per heavy atom. The summed E-state index contributed by atoms with van der Waals surface area (Å²) in [5.74, 6) is -2.45. The Morgan fingerprint density at radius 1 is 0.603 bits per heavy atom. The van der Waals surface area contributed by atoms with E-state index in [1.54, 1.807) is 48.5 Å². The lowest BCUT2D eigenvalue weighted by Gasteiger charge is -2.17. The predicted molar refractivity (Wildman–Crippen MR) is 212 cm³/mol. The van der Waals surface area contributed by atoms with Crippen molar-refractivity contribution in [3.63, 3.8) is 0 Å². The third-order valence-electron chi connectivity index (χ3n) is 9.19. The van der Waals surface area contributed by atoms with E-state index >= 15 is 0 Å². The first-order valence-corrected chi connectivity index (χ1v) is 18.2. The van der Waals surface area contributed by atoms with Crippen molar-refractivity contribution < 1.29 is 46.5 Å². The molecule has 6 aromatic carbocycles. The third-order valence-corrected chi connectivity index (χ3v) is 9.19. The van der Waals surface area contributed by atoms with Crippen molar-refractivity contribution in [1.82, 2.24) is 4.57 Å². The quantitative estimate of drug-likeness (QED) is 0.0924. The van der Waals surface area contributed by atoms with Crippen LogP contribution in [0.1, 0.15) is 57.3 Å². The van der Waals surface area contributed by atoms with Gasteiger partial charge in [-0.15, -0.1) is 0 Å². The van der Waals surface area contributed by atoms with Gasteiger partial charge in [-0.05, 0) is 121 Å². The monoisotopic (exact) mass is 787 g/mol. The summed E-state index contributed by atoms with van der Waals surface area (Å²) < 4.78 is 67.3. The molecule has 0 aliphatic carbocycles. The number of hydrogen-bond donors (Lipinski definition) is 1. The highest BCUT2D eigenvalue weighted by atomic mass is 19.1. The number of benzene rings is 6. The number of carboxylic acids is 1. The molecular weight excluding hydrogens is 751 g/mol.